The molecule has 1 aromatic rings. The molecule has 3 N–H and O–H groups in total. The van der Waals surface area contributed by atoms with Gasteiger partial charge in [0.2, 0.25) is 5.91 Å². The normalized spacial score (nSPS) is 12.2. The minimum absolute atomic E-state index is 0.0261. The van der Waals surface area contributed by atoms with Crippen LogP contribution in [0.5, 0.6) is 0 Å². The fourth-order valence-corrected chi connectivity index (χ4v) is 2.38. The molecule has 0 spiro atoms. The number of amides is 1. The third-order valence-electron chi connectivity index (χ3n) is 3.50. The summed E-state index contributed by atoms with van der Waals surface area (Å²) in [6.07, 6.45) is 0. The van der Waals surface area contributed by atoms with Crippen LogP contribution in [0.3, 0.4) is 0 Å². The van der Waals surface area contributed by atoms with Gasteiger partial charge in [0.15, 0.2) is 5.96 Å². The Bertz CT molecular complexity index is 581. The van der Waals surface area contributed by atoms with Crippen LogP contribution < -0.4 is 16.0 Å². The Morgan fingerprint density at radius 3 is 2.48 bits per heavy atom. The van der Waals surface area contributed by atoms with Crippen molar-refractivity contribution < 1.29 is 4.79 Å². The molecule has 6 nitrogen and oxygen atoms in total. The summed E-state index contributed by atoms with van der Waals surface area (Å²) in [6, 6.07) is 1.80. The number of rotatable bonds is 6. The van der Waals surface area contributed by atoms with Crippen LogP contribution in [0.2, 0.25) is 10.2 Å². The van der Waals surface area contributed by atoms with E-state index < -0.39 is 5.41 Å². The predicted molar refractivity (Wildman–Crippen MR) is 96.1 cm³/mol. The zero-order chi connectivity index (χ0) is 17.6. The zero-order valence-electron chi connectivity index (χ0n) is 14.3. The van der Waals surface area contributed by atoms with E-state index in [1.807, 2.05) is 27.8 Å². The summed E-state index contributed by atoms with van der Waals surface area (Å²) < 4.78 is 1.80. The molecule has 1 aromatic heterocycles. The smallest absolute Gasteiger partial charge is 0.227 e. The van der Waals surface area contributed by atoms with Gasteiger partial charge in [-0.2, -0.15) is 0 Å². The number of halogens is 2. The zero-order valence-corrected chi connectivity index (χ0v) is 15.8. The number of carbonyl (C=O) groups excluding carboxylic acids is 1. The number of aliphatic imine (C=N–C) groups is 1. The molecule has 0 bridgehead atoms. The fraction of sp³-hybridized carbons (Fsp3) is 0.600. The van der Waals surface area contributed by atoms with Crippen molar-refractivity contribution in [3.63, 3.8) is 0 Å². The molecule has 0 saturated heterocycles. The Morgan fingerprint density at radius 1 is 1.35 bits per heavy atom. The average Bonchev–Trinajstić information content (AvgIpc) is 2.76. The highest BCUT2D eigenvalue weighted by Crippen LogP contribution is 2.25. The van der Waals surface area contributed by atoms with Crippen molar-refractivity contribution in [2.24, 2.45) is 17.5 Å². The van der Waals surface area contributed by atoms with Gasteiger partial charge in [0, 0.05) is 32.9 Å². The largest absolute Gasteiger partial charge is 0.359 e. The van der Waals surface area contributed by atoms with Gasteiger partial charge >= 0.3 is 0 Å². The summed E-state index contributed by atoms with van der Waals surface area (Å²) in [6.45, 7) is 7.35. The van der Waals surface area contributed by atoms with Gasteiger partial charge in [-0.05, 0) is 26.8 Å². The summed E-state index contributed by atoms with van der Waals surface area (Å²) >= 11 is 12.1. The van der Waals surface area contributed by atoms with E-state index in [2.05, 4.69) is 20.9 Å². The monoisotopic (exact) mass is 361 g/mol. The second kappa shape index (κ2) is 8.45. The SMILES string of the molecule is CCNC(=NCc1cc(Cl)c(Cl)n1C)NCC(C)(C)C(=O)NC. The van der Waals surface area contributed by atoms with Gasteiger partial charge < -0.3 is 20.5 Å². The van der Waals surface area contributed by atoms with Crippen LogP contribution in [0.4, 0.5) is 0 Å². The van der Waals surface area contributed by atoms with Gasteiger partial charge in [-0.15, -0.1) is 0 Å². The first kappa shape index (κ1) is 19.6. The number of carbonyl (C=O) groups is 1. The molecule has 0 radical (unpaired) electrons. The molecular formula is C15H25Cl2N5O. The average molecular weight is 362 g/mol. The van der Waals surface area contributed by atoms with Crippen molar-refractivity contribution in [3.8, 4) is 0 Å². The summed E-state index contributed by atoms with van der Waals surface area (Å²) in [5, 5.41) is 10.0. The van der Waals surface area contributed by atoms with Crippen LogP contribution in [-0.4, -0.2) is 36.6 Å². The minimum Gasteiger partial charge on any atom is -0.359 e. The van der Waals surface area contributed by atoms with Crippen LogP contribution in [0.15, 0.2) is 11.1 Å². The highest BCUT2D eigenvalue weighted by atomic mass is 35.5. The van der Waals surface area contributed by atoms with Crippen molar-refractivity contribution in [1.29, 1.82) is 0 Å². The molecule has 0 aliphatic rings. The van der Waals surface area contributed by atoms with E-state index in [0.717, 1.165) is 12.2 Å². The molecule has 0 aliphatic heterocycles. The molecular weight excluding hydrogens is 337 g/mol. The molecule has 0 atom stereocenters. The molecule has 23 heavy (non-hydrogen) atoms. The summed E-state index contributed by atoms with van der Waals surface area (Å²) in [7, 11) is 3.47. The highest BCUT2D eigenvalue weighted by Gasteiger charge is 2.26. The molecule has 0 aromatic carbocycles. The van der Waals surface area contributed by atoms with Gasteiger partial charge in [0.05, 0.1) is 17.0 Å². The predicted octanol–water partition coefficient (Wildman–Crippen LogP) is 2.16. The lowest BCUT2D eigenvalue weighted by Crippen LogP contribution is -2.47. The molecule has 1 rings (SSSR count). The summed E-state index contributed by atoms with van der Waals surface area (Å²) in [5.74, 6) is 0.611. The van der Waals surface area contributed by atoms with Crippen LogP contribution in [0, 0.1) is 5.41 Å². The third kappa shape index (κ3) is 5.32. The fourth-order valence-electron chi connectivity index (χ4n) is 1.97. The minimum atomic E-state index is -0.539. The van der Waals surface area contributed by atoms with E-state index in [1.54, 1.807) is 17.7 Å². The number of nitrogens with one attached hydrogen (secondary N) is 3. The lowest BCUT2D eigenvalue weighted by Gasteiger charge is -2.24. The van der Waals surface area contributed by atoms with Crippen LogP contribution >= 0.6 is 23.2 Å². The van der Waals surface area contributed by atoms with Gasteiger partial charge in [0.25, 0.3) is 0 Å². The molecule has 8 heteroatoms. The maximum absolute atomic E-state index is 11.8. The topological polar surface area (TPSA) is 70.5 Å². The highest BCUT2D eigenvalue weighted by molar-refractivity contribution is 6.41. The Balaban J connectivity index is 2.77. The van der Waals surface area contributed by atoms with Gasteiger partial charge in [-0.25, -0.2) is 4.99 Å². The van der Waals surface area contributed by atoms with Crippen molar-refractivity contribution in [1.82, 2.24) is 20.5 Å². The molecule has 1 amide bonds. The number of hydrogen-bond donors (Lipinski definition) is 3. The molecule has 0 saturated carbocycles. The van der Waals surface area contributed by atoms with Crippen LogP contribution in [0.1, 0.15) is 26.5 Å². The number of guanidine groups is 1. The first-order valence-electron chi connectivity index (χ1n) is 7.47. The number of nitrogens with zero attached hydrogens (tertiary/aromatic N) is 2. The summed E-state index contributed by atoms with van der Waals surface area (Å²) in [4.78, 5) is 16.3. The van der Waals surface area contributed by atoms with Crippen molar-refractivity contribution >= 4 is 35.1 Å². The van der Waals surface area contributed by atoms with Crippen molar-refractivity contribution in [2.45, 2.75) is 27.3 Å². The van der Waals surface area contributed by atoms with Crippen molar-refractivity contribution in [2.75, 3.05) is 20.1 Å². The Hall–Kier alpha value is -1.40. The van der Waals surface area contributed by atoms with E-state index >= 15 is 0 Å². The van der Waals surface area contributed by atoms with E-state index in [1.165, 1.54) is 0 Å². The summed E-state index contributed by atoms with van der Waals surface area (Å²) in [5.41, 5.74) is 0.366. The second-order valence-electron chi connectivity index (χ2n) is 5.85. The molecule has 1 heterocycles. The van der Waals surface area contributed by atoms with E-state index in [9.17, 15) is 4.79 Å². The van der Waals surface area contributed by atoms with Crippen LogP contribution in [0.25, 0.3) is 0 Å². The first-order chi connectivity index (χ1) is 10.7. The van der Waals surface area contributed by atoms with E-state index in [4.69, 9.17) is 23.2 Å². The van der Waals surface area contributed by atoms with Gasteiger partial charge in [-0.1, -0.05) is 23.2 Å². The lowest BCUT2D eigenvalue weighted by atomic mass is 9.92. The molecule has 0 fully saturated rings. The number of hydrogen-bond acceptors (Lipinski definition) is 2. The lowest BCUT2D eigenvalue weighted by molar-refractivity contribution is -0.128. The molecule has 0 unspecified atom stereocenters. The third-order valence-corrected chi connectivity index (χ3v) is 4.34. The van der Waals surface area contributed by atoms with Gasteiger partial charge in [-0.3, -0.25) is 4.79 Å². The first-order valence-corrected chi connectivity index (χ1v) is 8.22. The molecule has 130 valence electrons. The Kier molecular flexibility index (Phi) is 7.22. The van der Waals surface area contributed by atoms with Gasteiger partial charge in [0.1, 0.15) is 5.15 Å². The second-order valence-corrected chi connectivity index (χ2v) is 6.61. The van der Waals surface area contributed by atoms with E-state index in [-0.39, 0.29) is 5.91 Å². The van der Waals surface area contributed by atoms with E-state index in [0.29, 0.717) is 29.2 Å². The van der Waals surface area contributed by atoms with Crippen molar-refractivity contribution in [3.05, 3.63) is 21.9 Å². The molecule has 0 aliphatic carbocycles. The maximum atomic E-state index is 11.8. The standard InChI is InChI=1S/C15H25Cl2N5O/c1-6-19-14(21-9-15(2,3)13(23)18-4)20-8-10-7-11(16)12(17)22(10)5/h7H,6,8-9H2,1-5H3,(H,18,23)(H2,19,20,21). The quantitative estimate of drug-likeness (QED) is 0.537. The number of aromatic nitrogens is 1. The Labute approximate surface area is 147 Å². The maximum Gasteiger partial charge on any atom is 0.227 e. The Morgan fingerprint density at radius 2 is 2.00 bits per heavy atom. The van der Waals surface area contributed by atoms with Crippen LogP contribution in [-0.2, 0) is 18.4 Å².